The van der Waals surface area contributed by atoms with Gasteiger partial charge in [-0.1, -0.05) is 83.5 Å². The van der Waals surface area contributed by atoms with Gasteiger partial charge in [-0.25, -0.2) is 8.42 Å². The lowest BCUT2D eigenvalue weighted by Crippen LogP contribution is -2.52. The maximum atomic E-state index is 14.0. The van der Waals surface area contributed by atoms with Crippen molar-refractivity contribution < 1.29 is 18.0 Å². The fourth-order valence-corrected chi connectivity index (χ4v) is 6.68. The van der Waals surface area contributed by atoms with Gasteiger partial charge in [-0.2, -0.15) is 0 Å². The predicted octanol–water partition coefficient (Wildman–Crippen LogP) is 6.63. The average Bonchev–Trinajstić information content (AvgIpc) is 3.45. The highest BCUT2D eigenvalue weighted by Crippen LogP contribution is 2.31. The van der Waals surface area contributed by atoms with Gasteiger partial charge in [0.2, 0.25) is 11.8 Å². The summed E-state index contributed by atoms with van der Waals surface area (Å²) in [6, 6.07) is 16.9. The molecule has 3 aromatic carbocycles. The third kappa shape index (κ3) is 7.55. The molecular weight excluding hydrogens is 605 g/mol. The number of aryl methyl sites for hydroxylation is 1. The van der Waals surface area contributed by atoms with Gasteiger partial charge < -0.3 is 10.2 Å². The van der Waals surface area contributed by atoms with Gasteiger partial charge in [0.25, 0.3) is 10.0 Å². The maximum absolute atomic E-state index is 14.0. The molecule has 0 bridgehead atoms. The van der Waals surface area contributed by atoms with Gasteiger partial charge in [0.1, 0.15) is 12.6 Å². The summed E-state index contributed by atoms with van der Waals surface area (Å²) in [5.41, 5.74) is 1.67. The van der Waals surface area contributed by atoms with Gasteiger partial charge >= 0.3 is 0 Å². The van der Waals surface area contributed by atoms with Crippen molar-refractivity contribution in [2.75, 3.05) is 10.8 Å². The predicted molar refractivity (Wildman–Crippen MR) is 164 cm³/mol. The van der Waals surface area contributed by atoms with E-state index in [1.54, 1.807) is 43.3 Å². The lowest BCUT2D eigenvalue weighted by atomic mass is 10.1. The first kappa shape index (κ1) is 31.2. The van der Waals surface area contributed by atoms with E-state index in [-0.39, 0.29) is 39.1 Å². The van der Waals surface area contributed by atoms with Crippen molar-refractivity contribution in [1.82, 2.24) is 10.2 Å². The summed E-state index contributed by atoms with van der Waals surface area (Å²) in [6.07, 6.45) is 3.85. The summed E-state index contributed by atoms with van der Waals surface area (Å²) in [5.74, 6) is -0.888. The molecule has 1 N–H and O–H groups in total. The second-order valence-corrected chi connectivity index (χ2v) is 13.3. The van der Waals surface area contributed by atoms with Crippen LogP contribution in [0.15, 0.2) is 71.6 Å². The third-order valence-corrected chi connectivity index (χ3v) is 10.1. The van der Waals surface area contributed by atoms with E-state index in [1.807, 2.05) is 6.92 Å². The maximum Gasteiger partial charge on any atom is 0.264 e. The van der Waals surface area contributed by atoms with Gasteiger partial charge in [0.15, 0.2) is 0 Å². The Labute approximate surface area is 256 Å². The molecule has 1 atom stereocenters. The summed E-state index contributed by atoms with van der Waals surface area (Å²) < 4.78 is 28.8. The number of halogens is 3. The van der Waals surface area contributed by atoms with Crippen molar-refractivity contribution in [3.63, 3.8) is 0 Å². The van der Waals surface area contributed by atoms with Gasteiger partial charge in [-0.3, -0.25) is 13.9 Å². The van der Waals surface area contributed by atoms with E-state index >= 15 is 0 Å². The minimum atomic E-state index is -4.22. The normalized spacial score (nSPS) is 14.5. The van der Waals surface area contributed by atoms with E-state index in [0.29, 0.717) is 10.6 Å². The molecule has 0 radical (unpaired) electrons. The molecule has 4 rings (SSSR count). The molecule has 0 spiro atoms. The zero-order valence-electron chi connectivity index (χ0n) is 22.8. The highest BCUT2D eigenvalue weighted by molar-refractivity contribution is 7.92. The summed E-state index contributed by atoms with van der Waals surface area (Å²) in [4.78, 5) is 28.7. The van der Waals surface area contributed by atoms with Crippen LogP contribution < -0.4 is 9.62 Å². The van der Waals surface area contributed by atoms with Crippen LogP contribution in [0, 0.1) is 6.92 Å². The number of carbonyl (C=O) groups excluding carboxylic acids is 2. The van der Waals surface area contributed by atoms with Crippen molar-refractivity contribution >= 4 is 62.3 Å². The van der Waals surface area contributed by atoms with Gasteiger partial charge in [0, 0.05) is 17.6 Å². The molecule has 0 unspecified atom stereocenters. The first-order valence-corrected chi connectivity index (χ1v) is 15.9. The van der Waals surface area contributed by atoms with E-state index in [0.717, 1.165) is 35.6 Å². The van der Waals surface area contributed by atoms with Crippen LogP contribution in [0.25, 0.3) is 0 Å². The zero-order chi connectivity index (χ0) is 29.7. The second kappa shape index (κ2) is 13.5. The number of sulfonamides is 1. The number of carbonyl (C=O) groups is 2. The molecule has 3 aromatic rings. The molecule has 1 aliphatic carbocycles. The van der Waals surface area contributed by atoms with E-state index in [2.05, 4.69) is 5.32 Å². The number of benzene rings is 3. The van der Waals surface area contributed by atoms with Gasteiger partial charge in [-0.15, -0.1) is 0 Å². The number of hydrogen-bond acceptors (Lipinski definition) is 4. The SMILES string of the molecule is Cc1ccc(S(=O)(=O)N(CC(=O)N(Cc2ccccc2Cl)[C@H](C)C(=O)NC2CCCC2)c2ccc(Cl)c(Cl)c2)cc1. The monoisotopic (exact) mass is 635 g/mol. The standard InChI is InChI=1S/C30H32Cl3N3O4S/c1-20-11-14-25(15-12-20)41(39,40)36(24-13-16-27(32)28(33)17-24)19-29(37)35(18-22-7-3-6-10-26(22)31)21(2)30(38)34-23-8-4-5-9-23/h3,6-7,10-17,21,23H,4-5,8-9,18-19H2,1-2H3,(H,34,38)/t21-/m1/s1. The van der Waals surface area contributed by atoms with Crippen LogP contribution in [0.5, 0.6) is 0 Å². The van der Waals surface area contributed by atoms with Crippen molar-refractivity contribution in [2.24, 2.45) is 0 Å². The lowest BCUT2D eigenvalue weighted by Gasteiger charge is -2.32. The summed E-state index contributed by atoms with van der Waals surface area (Å²) in [6.45, 7) is 2.91. The molecule has 11 heteroatoms. The molecule has 1 fully saturated rings. The smallest absolute Gasteiger partial charge is 0.264 e. The van der Waals surface area contributed by atoms with Crippen LogP contribution >= 0.6 is 34.8 Å². The minimum absolute atomic E-state index is 0.00616. The number of nitrogens with one attached hydrogen (secondary N) is 1. The summed E-state index contributed by atoms with van der Waals surface area (Å²) >= 11 is 18.8. The average molecular weight is 637 g/mol. The van der Waals surface area contributed by atoms with Crippen LogP contribution in [-0.2, 0) is 26.2 Å². The Morgan fingerprint density at radius 3 is 2.22 bits per heavy atom. The van der Waals surface area contributed by atoms with Crippen LogP contribution in [0.1, 0.15) is 43.7 Å². The molecular formula is C30H32Cl3N3O4S. The molecule has 0 aromatic heterocycles. The van der Waals surface area contributed by atoms with Gasteiger partial charge in [0.05, 0.1) is 20.6 Å². The van der Waals surface area contributed by atoms with Crippen molar-refractivity contribution in [3.05, 3.63) is 92.9 Å². The van der Waals surface area contributed by atoms with Crippen LogP contribution in [0.3, 0.4) is 0 Å². The van der Waals surface area contributed by atoms with E-state index in [1.165, 1.54) is 35.2 Å². The Hall–Kier alpha value is -2.78. The first-order valence-electron chi connectivity index (χ1n) is 13.3. The quantitative estimate of drug-likeness (QED) is 0.271. The van der Waals surface area contributed by atoms with Crippen LogP contribution in [0.2, 0.25) is 15.1 Å². The van der Waals surface area contributed by atoms with Gasteiger partial charge in [-0.05, 0) is 68.7 Å². The third-order valence-electron chi connectivity index (χ3n) is 7.25. The van der Waals surface area contributed by atoms with E-state index in [9.17, 15) is 18.0 Å². The number of rotatable bonds is 10. The number of hydrogen-bond donors (Lipinski definition) is 1. The summed E-state index contributed by atoms with van der Waals surface area (Å²) in [5, 5.41) is 3.86. The summed E-state index contributed by atoms with van der Waals surface area (Å²) in [7, 11) is -4.22. The lowest BCUT2D eigenvalue weighted by molar-refractivity contribution is -0.139. The Morgan fingerprint density at radius 1 is 0.927 bits per heavy atom. The fraction of sp³-hybridized carbons (Fsp3) is 0.333. The van der Waals surface area contributed by atoms with Crippen LogP contribution in [0.4, 0.5) is 5.69 Å². The Balaban J connectivity index is 1.71. The number of nitrogens with zero attached hydrogens (tertiary/aromatic N) is 2. The Bertz CT molecular complexity index is 1510. The molecule has 0 heterocycles. The molecule has 0 saturated heterocycles. The topological polar surface area (TPSA) is 86.8 Å². The van der Waals surface area contributed by atoms with Crippen LogP contribution in [-0.4, -0.2) is 43.8 Å². The Kier molecular flexibility index (Phi) is 10.2. The molecule has 7 nitrogen and oxygen atoms in total. The first-order chi connectivity index (χ1) is 19.5. The number of anilines is 1. The minimum Gasteiger partial charge on any atom is -0.352 e. The highest BCUT2D eigenvalue weighted by atomic mass is 35.5. The van der Waals surface area contributed by atoms with E-state index in [4.69, 9.17) is 34.8 Å². The molecule has 1 saturated carbocycles. The Morgan fingerprint density at radius 2 is 1.59 bits per heavy atom. The molecule has 0 aliphatic heterocycles. The van der Waals surface area contributed by atoms with Crippen molar-refractivity contribution in [2.45, 2.75) is 63.1 Å². The molecule has 1 aliphatic rings. The number of amides is 2. The van der Waals surface area contributed by atoms with E-state index < -0.39 is 28.5 Å². The largest absolute Gasteiger partial charge is 0.352 e. The second-order valence-electron chi connectivity index (χ2n) is 10.2. The highest BCUT2D eigenvalue weighted by Gasteiger charge is 2.33. The van der Waals surface area contributed by atoms with Crippen molar-refractivity contribution in [1.29, 1.82) is 0 Å². The zero-order valence-corrected chi connectivity index (χ0v) is 25.9. The van der Waals surface area contributed by atoms with Crippen molar-refractivity contribution in [3.8, 4) is 0 Å². The fourth-order valence-electron chi connectivity index (χ4n) is 4.79. The molecule has 2 amide bonds. The molecule has 218 valence electrons. The molecule has 41 heavy (non-hydrogen) atoms.